The van der Waals surface area contributed by atoms with Gasteiger partial charge in [0.15, 0.2) is 6.10 Å². The van der Waals surface area contributed by atoms with Crippen LogP contribution in [-0.4, -0.2) is 37.2 Å². The van der Waals surface area contributed by atoms with Crippen LogP contribution in [0.4, 0.5) is 0 Å². The van der Waals surface area contributed by atoms with Gasteiger partial charge in [0.25, 0.3) is 0 Å². The Bertz CT molecular complexity index is 1650. The third kappa shape index (κ3) is 62.3. The molecule has 0 rings (SSSR count). The largest absolute Gasteiger partial charge is 0.462 e. The zero-order valence-electron chi connectivity index (χ0n) is 49.9. The van der Waals surface area contributed by atoms with Crippen LogP contribution < -0.4 is 0 Å². The summed E-state index contributed by atoms with van der Waals surface area (Å²) >= 11 is 0. The van der Waals surface area contributed by atoms with Crippen LogP contribution in [0.15, 0.2) is 134 Å². The van der Waals surface area contributed by atoms with Gasteiger partial charge in [0.1, 0.15) is 13.2 Å². The van der Waals surface area contributed by atoms with Gasteiger partial charge in [0, 0.05) is 19.3 Å². The first kappa shape index (κ1) is 72.5. The van der Waals surface area contributed by atoms with E-state index in [-0.39, 0.29) is 31.1 Å². The van der Waals surface area contributed by atoms with Crippen molar-refractivity contribution in [2.24, 2.45) is 0 Å². The molecule has 1 atom stereocenters. The molecule has 77 heavy (non-hydrogen) atoms. The van der Waals surface area contributed by atoms with Crippen LogP contribution in [0.3, 0.4) is 0 Å². The summed E-state index contributed by atoms with van der Waals surface area (Å²) in [6.45, 7) is 6.42. The predicted molar refractivity (Wildman–Crippen MR) is 334 cm³/mol. The Morgan fingerprint density at radius 2 is 0.532 bits per heavy atom. The summed E-state index contributed by atoms with van der Waals surface area (Å²) < 4.78 is 16.9. The van der Waals surface area contributed by atoms with E-state index in [1.807, 2.05) is 0 Å². The van der Waals surface area contributed by atoms with Gasteiger partial charge in [0.2, 0.25) is 0 Å². The van der Waals surface area contributed by atoms with E-state index in [0.29, 0.717) is 19.3 Å². The van der Waals surface area contributed by atoms with Crippen LogP contribution >= 0.6 is 0 Å². The van der Waals surface area contributed by atoms with E-state index >= 15 is 0 Å². The number of esters is 3. The minimum Gasteiger partial charge on any atom is -0.462 e. The zero-order chi connectivity index (χ0) is 55.7. The molecule has 0 aliphatic rings. The first-order valence-corrected chi connectivity index (χ1v) is 31.7. The molecule has 0 aromatic rings. The number of hydrogen-bond donors (Lipinski definition) is 0. The molecule has 1 unspecified atom stereocenters. The van der Waals surface area contributed by atoms with Crippen molar-refractivity contribution in [1.82, 2.24) is 0 Å². The summed E-state index contributed by atoms with van der Waals surface area (Å²) in [5, 5.41) is 0. The maximum Gasteiger partial charge on any atom is 0.306 e. The quantitative estimate of drug-likeness (QED) is 0.0261. The van der Waals surface area contributed by atoms with Crippen molar-refractivity contribution in [3.63, 3.8) is 0 Å². The number of hydrogen-bond acceptors (Lipinski definition) is 6. The molecule has 0 spiro atoms. The fourth-order valence-electron chi connectivity index (χ4n) is 8.37. The van der Waals surface area contributed by atoms with E-state index in [1.54, 1.807) is 0 Å². The zero-order valence-corrected chi connectivity index (χ0v) is 49.9. The molecule has 0 aliphatic heterocycles. The molecular formula is C71H116O6. The lowest BCUT2D eigenvalue weighted by atomic mass is 10.1. The fraction of sp³-hybridized carbons (Fsp3) is 0.648. The molecule has 6 heteroatoms. The van der Waals surface area contributed by atoms with Gasteiger partial charge >= 0.3 is 17.9 Å². The molecule has 0 aliphatic carbocycles. The second kappa shape index (κ2) is 64.1. The second-order valence-electron chi connectivity index (χ2n) is 20.6. The number of carbonyl (C=O) groups is 3. The normalized spacial score (nSPS) is 13.0. The van der Waals surface area contributed by atoms with Crippen molar-refractivity contribution in [2.75, 3.05) is 13.2 Å². The predicted octanol–water partition coefficient (Wildman–Crippen LogP) is 21.8. The van der Waals surface area contributed by atoms with E-state index in [0.717, 1.165) is 154 Å². The fourth-order valence-corrected chi connectivity index (χ4v) is 8.37. The summed E-state index contributed by atoms with van der Waals surface area (Å²) in [4.78, 5) is 38.3. The first-order valence-electron chi connectivity index (χ1n) is 31.7. The van der Waals surface area contributed by atoms with Crippen molar-refractivity contribution in [2.45, 2.75) is 284 Å². The third-order valence-corrected chi connectivity index (χ3v) is 13.1. The van der Waals surface area contributed by atoms with Gasteiger partial charge in [-0.15, -0.1) is 0 Å². The van der Waals surface area contributed by atoms with E-state index < -0.39 is 6.10 Å². The van der Waals surface area contributed by atoms with E-state index in [9.17, 15) is 14.4 Å². The van der Waals surface area contributed by atoms with E-state index in [2.05, 4.69) is 154 Å². The van der Waals surface area contributed by atoms with Gasteiger partial charge in [-0.05, 0) is 135 Å². The van der Waals surface area contributed by atoms with Gasteiger partial charge in [-0.3, -0.25) is 14.4 Å². The maximum absolute atomic E-state index is 12.9. The molecule has 436 valence electrons. The van der Waals surface area contributed by atoms with Crippen LogP contribution in [0.1, 0.15) is 278 Å². The summed E-state index contributed by atoms with van der Waals surface area (Å²) in [5.41, 5.74) is 0. The Hall–Kier alpha value is -4.45. The van der Waals surface area contributed by atoms with Crippen molar-refractivity contribution in [3.05, 3.63) is 134 Å². The molecule has 0 aromatic carbocycles. The van der Waals surface area contributed by atoms with E-state index in [4.69, 9.17) is 14.2 Å². The van der Waals surface area contributed by atoms with Crippen LogP contribution in [0.2, 0.25) is 0 Å². The smallest absolute Gasteiger partial charge is 0.306 e. The molecule has 0 bridgehead atoms. The second-order valence-corrected chi connectivity index (χ2v) is 20.6. The third-order valence-electron chi connectivity index (χ3n) is 13.1. The minimum atomic E-state index is -0.802. The standard InChI is InChI=1S/C71H116O6/c1-4-7-10-13-16-19-22-25-27-29-30-31-32-33-34-35-36-37-38-39-40-42-43-46-49-52-55-58-61-64-70(73)76-67-68(66-75-69(72)63-60-57-54-51-48-45-24-21-18-15-12-9-6-3)77-71(74)65-62-59-56-53-50-47-44-41-28-26-23-20-17-14-11-8-5-2/h7,10,12,15-16,19,21,24-28,30-31,33-34,36-37,39-40,43,46,68H,4-6,8-9,11,13-14,17-18,20,22-23,29,32,35,38,41-42,44-45,47-67H2,1-3H3/b10-7-,15-12-,19-16-,24-21-,27-25-,28-26-,31-30-,34-33-,37-36-,40-39-,46-43-. The van der Waals surface area contributed by atoms with Gasteiger partial charge < -0.3 is 14.2 Å². The molecule has 0 amide bonds. The molecule has 0 radical (unpaired) electrons. The van der Waals surface area contributed by atoms with Crippen molar-refractivity contribution in [3.8, 4) is 0 Å². The Morgan fingerprint density at radius 3 is 0.857 bits per heavy atom. The number of ether oxygens (including phenoxy) is 3. The van der Waals surface area contributed by atoms with Crippen molar-refractivity contribution in [1.29, 1.82) is 0 Å². The molecule has 0 aromatic heterocycles. The summed E-state index contributed by atoms with van der Waals surface area (Å²) in [6.07, 6.45) is 90.2. The van der Waals surface area contributed by atoms with Crippen LogP contribution in [0, 0.1) is 0 Å². The number of rotatable bonds is 56. The SMILES string of the molecule is CC/C=C\C/C=C\C/C=C\C/C=C\C/C=C\C/C=C\C/C=C\C/C=C\CCCCCCC(=O)OCC(COC(=O)CCCCCCC/C=C\C/C=C\CCC)OC(=O)CCCCCCCCC/C=C\CCCCCCCC. The molecule has 6 nitrogen and oxygen atoms in total. The molecule has 0 N–H and O–H groups in total. The average molecular weight is 1070 g/mol. The van der Waals surface area contributed by atoms with Gasteiger partial charge in [0.05, 0.1) is 0 Å². The highest BCUT2D eigenvalue weighted by Gasteiger charge is 2.19. The monoisotopic (exact) mass is 1060 g/mol. The average Bonchev–Trinajstić information content (AvgIpc) is 3.43. The molecule has 0 saturated heterocycles. The Kier molecular flexibility index (Phi) is 60.4. The lowest BCUT2D eigenvalue weighted by Gasteiger charge is -2.18. The molecule has 0 saturated carbocycles. The van der Waals surface area contributed by atoms with Crippen LogP contribution in [0.5, 0.6) is 0 Å². The Labute approximate surface area is 475 Å². The number of carbonyl (C=O) groups excluding carboxylic acids is 3. The van der Waals surface area contributed by atoms with Crippen LogP contribution in [0.25, 0.3) is 0 Å². The molecule has 0 heterocycles. The summed E-state index contributed by atoms with van der Waals surface area (Å²) in [7, 11) is 0. The highest BCUT2D eigenvalue weighted by atomic mass is 16.6. The van der Waals surface area contributed by atoms with Gasteiger partial charge in [-0.1, -0.05) is 257 Å². The molecule has 0 fully saturated rings. The Balaban J connectivity index is 4.40. The lowest BCUT2D eigenvalue weighted by molar-refractivity contribution is -0.167. The van der Waals surface area contributed by atoms with Crippen molar-refractivity contribution < 1.29 is 28.6 Å². The van der Waals surface area contributed by atoms with Gasteiger partial charge in [-0.25, -0.2) is 0 Å². The summed E-state index contributed by atoms with van der Waals surface area (Å²) in [5.74, 6) is -0.941. The topological polar surface area (TPSA) is 78.9 Å². The van der Waals surface area contributed by atoms with E-state index in [1.165, 1.54) is 83.5 Å². The highest BCUT2D eigenvalue weighted by Crippen LogP contribution is 2.14. The first-order chi connectivity index (χ1) is 38.0. The maximum atomic E-state index is 12.9. The minimum absolute atomic E-state index is 0.0984. The molecular weight excluding hydrogens is 949 g/mol. The lowest BCUT2D eigenvalue weighted by Crippen LogP contribution is -2.30. The highest BCUT2D eigenvalue weighted by molar-refractivity contribution is 5.71. The summed E-state index contributed by atoms with van der Waals surface area (Å²) in [6, 6.07) is 0. The number of allylic oxidation sites excluding steroid dienone is 22. The number of unbranched alkanes of at least 4 members (excludes halogenated alkanes) is 23. The van der Waals surface area contributed by atoms with Crippen molar-refractivity contribution >= 4 is 17.9 Å². The Morgan fingerprint density at radius 1 is 0.273 bits per heavy atom. The van der Waals surface area contributed by atoms with Gasteiger partial charge in [-0.2, -0.15) is 0 Å². The van der Waals surface area contributed by atoms with Crippen LogP contribution in [-0.2, 0) is 28.6 Å².